The molecule has 18 heavy (non-hydrogen) atoms. The van der Waals surface area contributed by atoms with Crippen LogP contribution in [0.15, 0.2) is 18.2 Å². The maximum atomic E-state index is 6.21. The number of nitrogens with one attached hydrogen (secondary N) is 1. The molecule has 5 heteroatoms. The van der Waals surface area contributed by atoms with Crippen LogP contribution in [-0.2, 0) is 0 Å². The summed E-state index contributed by atoms with van der Waals surface area (Å²) in [7, 11) is 0. The number of hydrogen-bond acceptors (Lipinski definition) is 4. The fourth-order valence-corrected chi connectivity index (χ4v) is 5.32. The van der Waals surface area contributed by atoms with Crippen LogP contribution in [0.2, 0.25) is 5.02 Å². The molecule has 3 atom stereocenters. The molecule has 0 bridgehead atoms. The second-order valence-electron chi connectivity index (χ2n) is 4.56. The fraction of sp³-hybridized carbons (Fsp3) is 0.538. The highest BCUT2D eigenvalue weighted by Gasteiger charge is 2.30. The molecule has 3 N–H and O–H groups in total. The predicted molar refractivity (Wildman–Crippen MR) is 84.4 cm³/mol. The molecule has 0 amide bonds. The van der Waals surface area contributed by atoms with Gasteiger partial charge in [0.05, 0.1) is 6.04 Å². The Morgan fingerprint density at radius 1 is 1.39 bits per heavy atom. The van der Waals surface area contributed by atoms with E-state index in [0.29, 0.717) is 10.5 Å². The molecular weight excluding hydrogens is 284 g/mol. The minimum Gasteiger partial charge on any atom is -0.271 e. The predicted octanol–water partition coefficient (Wildman–Crippen LogP) is 3.39. The average molecular weight is 303 g/mol. The summed E-state index contributed by atoms with van der Waals surface area (Å²) in [5.41, 5.74) is 5.26. The van der Waals surface area contributed by atoms with Crippen LogP contribution in [0, 0.1) is 6.92 Å². The largest absolute Gasteiger partial charge is 0.271 e. The summed E-state index contributed by atoms with van der Waals surface area (Å²) < 4.78 is 0. The Hall–Kier alpha value is 0.130. The van der Waals surface area contributed by atoms with Crippen LogP contribution in [0.4, 0.5) is 0 Å². The number of hydrogen-bond donors (Lipinski definition) is 2. The maximum absolute atomic E-state index is 6.21. The highest BCUT2D eigenvalue weighted by atomic mass is 35.5. The van der Waals surface area contributed by atoms with Crippen molar-refractivity contribution in [1.29, 1.82) is 0 Å². The summed E-state index contributed by atoms with van der Waals surface area (Å²) in [6, 6.07) is 6.38. The highest BCUT2D eigenvalue weighted by Crippen LogP contribution is 2.38. The molecular formula is C13H19ClN2S2. The molecule has 2 rings (SSSR count). The van der Waals surface area contributed by atoms with E-state index < -0.39 is 0 Å². The molecule has 3 unspecified atom stereocenters. The van der Waals surface area contributed by atoms with E-state index in [0.717, 1.165) is 10.6 Å². The first kappa shape index (κ1) is 14.5. The van der Waals surface area contributed by atoms with Crippen LogP contribution in [0.1, 0.15) is 24.1 Å². The number of thioether (sulfide) groups is 2. The first-order valence-electron chi connectivity index (χ1n) is 6.09. The van der Waals surface area contributed by atoms with Crippen LogP contribution < -0.4 is 11.3 Å². The molecule has 1 fully saturated rings. The molecule has 0 saturated carbocycles. The van der Waals surface area contributed by atoms with Crippen molar-refractivity contribution in [2.75, 3.05) is 11.5 Å². The van der Waals surface area contributed by atoms with Gasteiger partial charge < -0.3 is 0 Å². The lowest BCUT2D eigenvalue weighted by molar-refractivity contribution is 0.527. The zero-order valence-electron chi connectivity index (χ0n) is 10.7. The van der Waals surface area contributed by atoms with Crippen molar-refractivity contribution in [3.05, 3.63) is 34.3 Å². The minimum absolute atomic E-state index is 0.163. The van der Waals surface area contributed by atoms with Crippen molar-refractivity contribution < 1.29 is 0 Å². The summed E-state index contributed by atoms with van der Waals surface area (Å²) in [5.74, 6) is 8.19. The Kier molecular flexibility index (Phi) is 5.27. The Labute approximate surface area is 122 Å². The molecule has 2 nitrogen and oxygen atoms in total. The third-order valence-electron chi connectivity index (χ3n) is 3.30. The van der Waals surface area contributed by atoms with Gasteiger partial charge in [-0.15, -0.1) is 0 Å². The Morgan fingerprint density at radius 2 is 2.11 bits per heavy atom. The molecule has 1 heterocycles. The Bertz CT molecular complexity index is 414. The number of rotatable bonds is 3. The summed E-state index contributed by atoms with van der Waals surface area (Å²) in [4.78, 5) is 0. The van der Waals surface area contributed by atoms with E-state index in [1.807, 2.05) is 36.5 Å². The number of aryl methyl sites for hydroxylation is 1. The molecule has 1 aliphatic heterocycles. The molecule has 1 aromatic rings. The molecule has 0 radical (unpaired) electrons. The van der Waals surface area contributed by atoms with Crippen LogP contribution in [0.25, 0.3) is 0 Å². The van der Waals surface area contributed by atoms with E-state index in [2.05, 4.69) is 24.5 Å². The summed E-state index contributed by atoms with van der Waals surface area (Å²) >= 11 is 10.2. The van der Waals surface area contributed by atoms with E-state index in [1.165, 1.54) is 17.1 Å². The molecule has 1 aliphatic rings. The topological polar surface area (TPSA) is 38.0 Å². The molecule has 0 aromatic heterocycles. The first-order chi connectivity index (χ1) is 8.63. The molecule has 1 aromatic carbocycles. The van der Waals surface area contributed by atoms with Gasteiger partial charge in [-0.1, -0.05) is 30.7 Å². The van der Waals surface area contributed by atoms with Gasteiger partial charge in [-0.05, 0) is 24.1 Å². The van der Waals surface area contributed by atoms with Crippen molar-refractivity contribution in [1.82, 2.24) is 5.43 Å². The van der Waals surface area contributed by atoms with Gasteiger partial charge in [-0.3, -0.25) is 11.3 Å². The fourth-order valence-electron chi connectivity index (χ4n) is 2.20. The SMILES string of the molecule is Cc1ccc(C(NN)C2SCCSC2C)cc1Cl. The second kappa shape index (κ2) is 6.53. The van der Waals surface area contributed by atoms with Gasteiger partial charge in [0, 0.05) is 27.0 Å². The summed E-state index contributed by atoms with van der Waals surface area (Å²) in [6.45, 7) is 4.30. The summed E-state index contributed by atoms with van der Waals surface area (Å²) in [5, 5.41) is 1.91. The normalized spacial score (nSPS) is 26.0. The van der Waals surface area contributed by atoms with Gasteiger partial charge in [-0.25, -0.2) is 0 Å². The Balaban J connectivity index is 2.23. The lowest BCUT2D eigenvalue weighted by Gasteiger charge is -2.34. The number of hydrazine groups is 1. The van der Waals surface area contributed by atoms with Crippen molar-refractivity contribution >= 4 is 35.1 Å². The van der Waals surface area contributed by atoms with Gasteiger partial charge in [0.2, 0.25) is 0 Å². The maximum Gasteiger partial charge on any atom is 0.0589 e. The van der Waals surface area contributed by atoms with Crippen molar-refractivity contribution in [2.24, 2.45) is 5.84 Å². The van der Waals surface area contributed by atoms with E-state index in [1.54, 1.807) is 0 Å². The number of benzene rings is 1. The van der Waals surface area contributed by atoms with Crippen LogP contribution in [0.3, 0.4) is 0 Å². The van der Waals surface area contributed by atoms with Gasteiger partial charge in [0.1, 0.15) is 0 Å². The first-order valence-corrected chi connectivity index (χ1v) is 8.56. The lowest BCUT2D eigenvalue weighted by atomic mass is 10.0. The van der Waals surface area contributed by atoms with E-state index in [4.69, 9.17) is 17.4 Å². The molecule has 0 aliphatic carbocycles. The van der Waals surface area contributed by atoms with Gasteiger partial charge in [0.25, 0.3) is 0 Å². The van der Waals surface area contributed by atoms with E-state index >= 15 is 0 Å². The standard InChI is InChI=1S/C13H19ClN2S2/c1-8-3-4-10(7-11(8)14)12(16-15)13-9(2)17-5-6-18-13/h3-4,7,9,12-13,16H,5-6,15H2,1-2H3. The molecule has 0 spiro atoms. The second-order valence-corrected chi connectivity index (χ2v) is 7.74. The third kappa shape index (κ3) is 3.17. The molecule has 1 saturated heterocycles. The Morgan fingerprint density at radius 3 is 2.72 bits per heavy atom. The lowest BCUT2D eigenvalue weighted by Crippen LogP contribution is -2.40. The van der Waals surface area contributed by atoms with Gasteiger partial charge >= 0.3 is 0 Å². The number of nitrogens with two attached hydrogens (primary N) is 1. The van der Waals surface area contributed by atoms with Gasteiger partial charge in [-0.2, -0.15) is 23.5 Å². The number of halogens is 1. The van der Waals surface area contributed by atoms with Crippen molar-refractivity contribution in [3.63, 3.8) is 0 Å². The van der Waals surface area contributed by atoms with Crippen LogP contribution in [0.5, 0.6) is 0 Å². The van der Waals surface area contributed by atoms with Gasteiger partial charge in [0.15, 0.2) is 0 Å². The summed E-state index contributed by atoms with van der Waals surface area (Å²) in [6.07, 6.45) is 0. The third-order valence-corrected chi connectivity index (χ3v) is 6.90. The quantitative estimate of drug-likeness (QED) is 0.663. The average Bonchev–Trinajstić information content (AvgIpc) is 2.37. The van der Waals surface area contributed by atoms with E-state index in [-0.39, 0.29) is 6.04 Å². The molecule has 100 valence electrons. The van der Waals surface area contributed by atoms with E-state index in [9.17, 15) is 0 Å². The van der Waals surface area contributed by atoms with Crippen molar-refractivity contribution in [2.45, 2.75) is 30.4 Å². The van der Waals surface area contributed by atoms with Crippen LogP contribution in [-0.4, -0.2) is 22.0 Å². The smallest absolute Gasteiger partial charge is 0.0589 e. The zero-order chi connectivity index (χ0) is 13.1. The van der Waals surface area contributed by atoms with Crippen LogP contribution >= 0.6 is 35.1 Å². The zero-order valence-corrected chi connectivity index (χ0v) is 13.0. The van der Waals surface area contributed by atoms with Crippen molar-refractivity contribution in [3.8, 4) is 0 Å². The highest BCUT2D eigenvalue weighted by molar-refractivity contribution is 8.07. The minimum atomic E-state index is 0.163. The monoisotopic (exact) mass is 302 g/mol.